The van der Waals surface area contributed by atoms with Crippen LogP contribution in [0.2, 0.25) is 0 Å². The third-order valence-electron chi connectivity index (χ3n) is 3.71. The van der Waals surface area contributed by atoms with Gasteiger partial charge in [-0.15, -0.1) is 10.2 Å². The second-order valence-corrected chi connectivity index (χ2v) is 9.20. The fourth-order valence-electron chi connectivity index (χ4n) is 2.40. The zero-order valence-electron chi connectivity index (χ0n) is 13.8. The molecule has 1 N–H and O–H groups in total. The molecule has 122 valence electrons. The molecule has 1 amide bonds. The van der Waals surface area contributed by atoms with Crippen LogP contribution >= 0.6 is 10.2 Å². The molecule has 6 nitrogen and oxygen atoms in total. The molecular formula is C16H21N5OS. The number of aryl methyl sites for hydroxylation is 1. The normalized spacial score (nSPS) is 12.5. The fourth-order valence-corrected chi connectivity index (χ4v) is 4.06. The number of amides is 1. The zero-order valence-corrected chi connectivity index (χ0v) is 14.6. The molecule has 0 fully saturated rings. The molecule has 2 aromatic heterocycles. The molecule has 3 rings (SSSR count). The molecule has 0 atom stereocenters. The van der Waals surface area contributed by atoms with Gasteiger partial charge in [0.15, 0.2) is 0 Å². The van der Waals surface area contributed by atoms with Crippen molar-refractivity contribution >= 4 is 27.0 Å². The zero-order chi connectivity index (χ0) is 16.6. The van der Waals surface area contributed by atoms with Gasteiger partial charge < -0.3 is 4.72 Å². The third kappa shape index (κ3) is 3.10. The van der Waals surface area contributed by atoms with Crippen molar-refractivity contribution in [3.05, 3.63) is 36.8 Å². The lowest BCUT2D eigenvalue weighted by Crippen LogP contribution is -2.25. The Morgan fingerprint density at radius 3 is 2.74 bits per heavy atom. The summed E-state index contributed by atoms with van der Waals surface area (Å²) in [6.07, 6.45) is 10.4. The van der Waals surface area contributed by atoms with E-state index in [0.29, 0.717) is 6.42 Å². The molecule has 0 saturated carbocycles. The minimum atomic E-state index is -1.37. The van der Waals surface area contributed by atoms with E-state index in [1.807, 2.05) is 43.2 Å². The average molecular weight is 331 g/mol. The van der Waals surface area contributed by atoms with Gasteiger partial charge in [0.25, 0.3) is 0 Å². The van der Waals surface area contributed by atoms with E-state index in [-0.39, 0.29) is 5.91 Å². The van der Waals surface area contributed by atoms with Gasteiger partial charge in [0, 0.05) is 29.9 Å². The van der Waals surface area contributed by atoms with Crippen molar-refractivity contribution in [1.82, 2.24) is 24.3 Å². The molecule has 1 aromatic carbocycles. The highest BCUT2D eigenvalue weighted by Crippen LogP contribution is 2.45. The lowest BCUT2D eigenvalue weighted by atomic mass is 10.3. The Hall–Kier alpha value is -2.28. The Morgan fingerprint density at radius 1 is 1.30 bits per heavy atom. The maximum Gasteiger partial charge on any atom is 0.228 e. The van der Waals surface area contributed by atoms with E-state index in [2.05, 4.69) is 33.5 Å². The largest absolute Gasteiger partial charge is 0.315 e. The molecule has 0 spiro atoms. The van der Waals surface area contributed by atoms with Gasteiger partial charge in [-0.05, 0) is 30.7 Å². The summed E-state index contributed by atoms with van der Waals surface area (Å²) in [4.78, 5) is 12.9. The minimum absolute atomic E-state index is 0.0798. The molecular weight excluding hydrogens is 310 g/mol. The van der Waals surface area contributed by atoms with Crippen molar-refractivity contribution < 1.29 is 4.79 Å². The van der Waals surface area contributed by atoms with E-state index in [1.54, 1.807) is 10.9 Å². The standard InChI is InChI=1S/C16H21N5OS/c1-5-16(22)19-23(3,4)14-6-7-15-12(8-14)10-21(18-15)13-9-17-20(2)11-13/h6-11H,5H2,1-4H3,(H,19,22). The summed E-state index contributed by atoms with van der Waals surface area (Å²) in [6.45, 7) is 1.87. The Labute approximate surface area is 136 Å². The van der Waals surface area contributed by atoms with Gasteiger partial charge in [-0.1, -0.05) is 6.92 Å². The number of aromatic nitrogens is 4. The number of nitrogens with zero attached hydrogens (tertiary/aromatic N) is 4. The molecule has 0 bridgehead atoms. The lowest BCUT2D eigenvalue weighted by molar-refractivity contribution is -0.118. The minimum Gasteiger partial charge on any atom is -0.315 e. The Balaban J connectivity index is 1.97. The van der Waals surface area contributed by atoms with Gasteiger partial charge in [-0.3, -0.25) is 9.48 Å². The second-order valence-electron chi connectivity index (χ2n) is 5.87. The van der Waals surface area contributed by atoms with Crippen LogP contribution in [-0.2, 0) is 11.8 Å². The first kappa shape index (κ1) is 15.6. The van der Waals surface area contributed by atoms with Gasteiger partial charge in [0.2, 0.25) is 5.91 Å². The Morgan fingerprint density at radius 2 is 2.09 bits per heavy atom. The number of hydrogen-bond acceptors (Lipinski definition) is 3. The average Bonchev–Trinajstić information content (AvgIpc) is 3.11. The van der Waals surface area contributed by atoms with Gasteiger partial charge in [-0.25, -0.2) is 4.68 Å². The van der Waals surface area contributed by atoms with Gasteiger partial charge in [-0.2, -0.15) is 10.2 Å². The highest BCUT2D eigenvalue weighted by Gasteiger charge is 2.18. The molecule has 0 saturated heterocycles. The molecule has 23 heavy (non-hydrogen) atoms. The third-order valence-corrected chi connectivity index (χ3v) is 5.88. The first-order valence-corrected chi connectivity index (χ1v) is 9.86. The number of rotatable bonds is 4. The maximum absolute atomic E-state index is 11.7. The van der Waals surface area contributed by atoms with E-state index in [4.69, 9.17) is 0 Å². The summed E-state index contributed by atoms with van der Waals surface area (Å²) < 4.78 is 6.71. The Bertz CT molecular complexity index is 864. The second kappa shape index (κ2) is 5.73. The summed E-state index contributed by atoms with van der Waals surface area (Å²) in [5.74, 6) is 0.0798. The van der Waals surface area contributed by atoms with E-state index in [0.717, 1.165) is 21.5 Å². The van der Waals surface area contributed by atoms with Crippen LogP contribution in [0.15, 0.2) is 41.7 Å². The van der Waals surface area contributed by atoms with Crippen molar-refractivity contribution in [3.63, 3.8) is 0 Å². The van der Waals surface area contributed by atoms with E-state index < -0.39 is 10.2 Å². The van der Waals surface area contributed by atoms with Crippen LogP contribution in [0.5, 0.6) is 0 Å². The fraction of sp³-hybridized carbons (Fsp3) is 0.312. The number of carbonyl (C=O) groups is 1. The smallest absolute Gasteiger partial charge is 0.228 e. The van der Waals surface area contributed by atoms with Crippen LogP contribution in [0.4, 0.5) is 0 Å². The molecule has 0 unspecified atom stereocenters. The van der Waals surface area contributed by atoms with Crippen molar-refractivity contribution in [2.75, 3.05) is 12.5 Å². The van der Waals surface area contributed by atoms with E-state index >= 15 is 0 Å². The molecule has 2 heterocycles. The van der Waals surface area contributed by atoms with Crippen LogP contribution in [-0.4, -0.2) is 38.0 Å². The van der Waals surface area contributed by atoms with Crippen molar-refractivity contribution in [2.24, 2.45) is 7.05 Å². The molecule has 3 aromatic rings. The lowest BCUT2D eigenvalue weighted by Gasteiger charge is -2.32. The van der Waals surface area contributed by atoms with Gasteiger partial charge in [0.05, 0.1) is 17.9 Å². The molecule has 7 heteroatoms. The summed E-state index contributed by atoms with van der Waals surface area (Å²) in [5.41, 5.74) is 1.85. The maximum atomic E-state index is 11.7. The Kier molecular flexibility index (Phi) is 3.89. The predicted molar refractivity (Wildman–Crippen MR) is 94.0 cm³/mol. The van der Waals surface area contributed by atoms with Crippen LogP contribution in [0.3, 0.4) is 0 Å². The summed E-state index contributed by atoms with van der Waals surface area (Å²) in [7, 11) is 0.515. The monoisotopic (exact) mass is 331 g/mol. The first-order chi connectivity index (χ1) is 10.9. The first-order valence-electron chi connectivity index (χ1n) is 7.41. The van der Waals surface area contributed by atoms with Gasteiger partial charge >= 0.3 is 0 Å². The van der Waals surface area contributed by atoms with Crippen LogP contribution in [0.25, 0.3) is 16.6 Å². The molecule has 0 aliphatic heterocycles. The number of benzene rings is 1. The highest BCUT2D eigenvalue weighted by atomic mass is 32.3. The van der Waals surface area contributed by atoms with Crippen LogP contribution < -0.4 is 4.72 Å². The number of hydrogen-bond donors (Lipinski definition) is 1. The summed E-state index contributed by atoms with van der Waals surface area (Å²) in [5, 5.41) is 9.81. The van der Waals surface area contributed by atoms with E-state index in [1.165, 1.54) is 0 Å². The molecule has 0 aliphatic carbocycles. The van der Waals surface area contributed by atoms with Crippen molar-refractivity contribution in [2.45, 2.75) is 18.2 Å². The van der Waals surface area contributed by atoms with Crippen LogP contribution in [0, 0.1) is 0 Å². The van der Waals surface area contributed by atoms with E-state index in [9.17, 15) is 4.79 Å². The summed E-state index contributed by atoms with van der Waals surface area (Å²) >= 11 is 0. The van der Waals surface area contributed by atoms with Crippen LogP contribution in [0.1, 0.15) is 13.3 Å². The number of carbonyl (C=O) groups excluding carboxylic acids is 1. The van der Waals surface area contributed by atoms with Gasteiger partial charge in [0.1, 0.15) is 5.69 Å². The predicted octanol–water partition coefficient (Wildman–Crippen LogP) is 2.62. The van der Waals surface area contributed by atoms with Crippen molar-refractivity contribution in [3.8, 4) is 5.69 Å². The quantitative estimate of drug-likeness (QED) is 0.799. The number of fused-ring (bicyclic) bond motifs is 1. The van der Waals surface area contributed by atoms with Crippen molar-refractivity contribution in [1.29, 1.82) is 0 Å². The molecule has 0 aliphatic rings. The summed E-state index contributed by atoms with van der Waals surface area (Å²) in [6, 6.07) is 6.17. The topological polar surface area (TPSA) is 64.7 Å². The number of nitrogens with one attached hydrogen (secondary N) is 1. The molecule has 0 radical (unpaired) electrons. The highest BCUT2D eigenvalue weighted by molar-refractivity contribution is 8.31. The SMILES string of the molecule is CCC(=O)NS(C)(C)c1ccc2nn(-c3cnn(C)c3)cc2c1.